The highest BCUT2D eigenvalue weighted by atomic mass is 16.6. The number of carbonyl (C=O) groups excluding carboxylic acids is 1. The molecule has 1 aromatic carbocycles. The van der Waals surface area contributed by atoms with Crippen molar-refractivity contribution in [1.82, 2.24) is 0 Å². The van der Waals surface area contributed by atoms with E-state index in [-0.39, 0.29) is 11.0 Å². The Labute approximate surface area is 155 Å². The van der Waals surface area contributed by atoms with E-state index in [1.165, 1.54) is 6.08 Å². The predicted molar refractivity (Wildman–Crippen MR) is 99.2 cm³/mol. The third-order valence-corrected chi connectivity index (χ3v) is 4.85. The van der Waals surface area contributed by atoms with Crippen molar-refractivity contribution in [1.29, 1.82) is 0 Å². The van der Waals surface area contributed by atoms with Crippen LogP contribution in [0.15, 0.2) is 71.2 Å². The molecule has 27 heavy (non-hydrogen) atoms. The highest BCUT2D eigenvalue weighted by Gasteiger charge is 2.38. The Morgan fingerprint density at radius 2 is 1.70 bits per heavy atom. The van der Waals surface area contributed by atoms with Crippen molar-refractivity contribution >= 4 is 11.5 Å². The number of nitro groups is 2. The van der Waals surface area contributed by atoms with E-state index in [0.29, 0.717) is 6.08 Å². The minimum Gasteiger partial charge on any atom is -0.347 e. The Bertz CT molecular complexity index is 998. The first kappa shape index (κ1) is 18.2. The molecule has 0 atom stereocenters. The Morgan fingerprint density at radius 3 is 2.30 bits per heavy atom. The number of allylic oxidation sites excluding steroid dienone is 6. The first-order valence-corrected chi connectivity index (χ1v) is 8.17. The highest BCUT2D eigenvalue weighted by Crippen LogP contribution is 2.46. The fourth-order valence-corrected chi connectivity index (χ4v) is 3.46. The molecule has 1 aliphatic heterocycles. The van der Waals surface area contributed by atoms with Crippen LogP contribution in [0.5, 0.6) is 0 Å². The van der Waals surface area contributed by atoms with Gasteiger partial charge >= 0.3 is 5.70 Å². The van der Waals surface area contributed by atoms with Crippen molar-refractivity contribution in [3.63, 3.8) is 0 Å². The topological polar surface area (TPSA) is 107 Å². The summed E-state index contributed by atoms with van der Waals surface area (Å²) in [5.74, 6) is -0.849. The largest absolute Gasteiger partial charge is 0.347 e. The van der Waals surface area contributed by atoms with Crippen LogP contribution in [-0.4, -0.2) is 22.7 Å². The van der Waals surface area contributed by atoms with E-state index >= 15 is 0 Å². The van der Waals surface area contributed by atoms with Crippen LogP contribution in [0.4, 0.5) is 5.69 Å². The van der Waals surface area contributed by atoms with Gasteiger partial charge in [0.25, 0.3) is 11.5 Å². The molecule has 0 saturated carbocycles. The molecule has 3 rings (SSSR count). The number of hydrogen-bond donors (Lipinski definition) is 0. The molecular formula is C19H17N3O5. The normalized spacial score (nSPS) is 21.1. The van der Waals surface area contributed by atoms with Gasteiger partial charge in [0.15, 0.2) is 0 Å². The lowest BCUT2D eigenvalue weighted by atomic mass is 9.83. The maximum Gasteiger partial charge on any atom is 0.323 e. The molecule has 0 radical (unpaired) electrons. The number of anilines is 1. The molecule has 1 aliphatic carbocycles. The second kappa shape index (κ2) is 6.31. The van der Waals surface area contributed by atoms with Crippen LogP contribution in [0, 0.1) is 20.2 Å². The number of rotatable bonds is 3. The lowest BCUT2D eigenvalue weighted by molar-refractivity contribution is -0.431. The summed E-state index contributed by atoms with van der Waals surface area (Å²) in [6, 6.07) is 7.87. The summed E-state index contributed by atoms with van der Waals surface area (Å²) in [5, 5.41) is 22.1. The average Bonchev–Trinajstić information content (AvgIpc) is 2.80. The zero-order chi connectivity index (χ0) is 19.9. The zero-order valence-corrected chi connectivity index (χ0v) is 15.0. The molecular weight excluding hydrogens is 350 g/mol. The van der Waals surface area contributed by atoms with Crippen LogP contribution in [-0.2, 0) is 10.2 Å². The number of nitrogens with zero attached hydrogens (tertiary/aromatic N) is 3. The average molecular weight is 367 g/mol. The first-order chi connectivity index (χ1) is 12.6. The molecule has 0 saturated heterocycles. The molecule has 2 aliphatic rings. The smallest absolute Gasteiger partial charge is 0.323 e. The molecule has 1 heterocycles. The third kappa shape index (κ3) is 2.95. The van der Waals surface area contributed by atoms with Gasteiger partial charge < -0.3 is 4.90 Å². The highest BCUT2D eigenvalue weighted by molar-refractivity contribution is 6.10. The Kier molecular flexibility index (Phi) is 4.27. The fourth-order valence-electron chi connectivity index (χ4n) is 3.46. The van der Waals surface area contributed by atoms with Crippen molar-refractivity contribution in [3.8, 4) is 0 Å². The van der Waals surface area contributed by atoms with Gasteiger partial charge in [-0.1, -0.05) is 32.0 Å². The van der Waals surface area contributed by atoms with Gasteiger partial charge in [-0.15, -0.1) is 0 Å². The molecule has 8 nitrogen and oxygen atoms in total. The quantitative estimate of drug-likeness (QED) is 0.461. The summed E-state index contributed by atoms with van der Waals surface area (Å²) >= 11 is 0. The SMILES string of the molecule is CN1/C(=C/C=C2/C=C([N+](=O)[O-])C=C([N+](=O)[O-])C2=O)C(C)(C)c2ccccc21. The summed E-state index contributed by atoms with van der Waals surface area (Å²) in [4.78, 5) is 34.7. The second-order valence-electron chi connectivity index (χ2n) is 6.82. The van der Waals surface area contributed by atoms with Crippen LogP contribution in [0.3, 0.4) is 0 Å². The molecule has 0 amide bonds. The van der Waals surface area contributed by atoms with E-state index in [4.69, 9.17) is 0 Å². The molecule has 0 N–H and O–H groups in total. The Balaban J connectivity index is 2.07. The minimum atomic E-state index is -0.901. The Hall–Kier alpha value is -3.55. The summed E-state index contributed by atoms with van der Waals surface area (Å²) in [6.45, 7) is 4.06. The number of likely N-dealkylation sites (N-methyl/N-ethyl adjacent to an activating group) is 1. The van der Waals surface area contributed by atoms with E-state index in [1.54, 1.807) is 6.08 Å². The van der Waals surface area contributed by atoms with E-state index in [0.717, 1.165) is 23.0 Å². The third-order valence-electron chi connectivity index (χ3n) is 4.85. The molecule has 0 bridgehead atoms. The van der Waals surface area contributed by atoms with Crippen molar-refractivity contribution in [2.45, 2.75) is 19.3 Å². The standard InChI is InChI=1S/C19H17N3O5/c1-19(2)14-6-4-5-7-15(14)20(3)17(19)9-8-12-10-13(21(24)25)11-16(18(12)23)22(26)27/h4-11H,1-3H3/b12-8-,17-9+. The van der Waals surface area contributed by atoms with Gasteiger partial charge in [-0.25, -0.2) is 0 Å². The van der Waals surface area contributed by atoms with Crippen LogP contribution in [0.25, 0.3) is 0 Å². The van der Waals surface area contributed by atoms with Gasteiger partial charge in [0.2, 0.25) is 0 Å². The maximum atomic E-state index is 12.3. The lowest BCUT2D eigenvalue weighted by Crippen LogP contribution is -2.23. The van der Waals surface area contributed by atoms with Crippen molar-refractivity contribution in [3.05, 3.63) is 97.0 Å². The molecule has 0 aromatic heterocycles. The number of Topliss-reactive ketones (excluding diaryl/α,β-unsaturated/α-hetero) is 1. The Morgan fingerprint density at radius 1 is 1.04 bits per heavy atom. The van der Waals surface area contributed by atoms with E-state index in [2.05, 4.69) is 0 Å². The first-order valence-electron chi connectivity index (χ1n) is 8.17. The van der Waals surface area contributed by atoms with Gasteiger partial charge in [0.05, 0.1) is 15.9 Å². The maximum absolute atomic E-state index is 12.3. The summed E-state index contributed by atoms with van der Waals surface area (Å²) in [7, 11) is 1.89. The number of carbonyl (C=O) groups is 1. The van der Waals surface area contributed by atoms with Crippen LogP contribution >= 0.6 is 0 Å². The van der Waals surface area contributed by atoms with Gasteiger partial charge in [0, 0.05) is 35.5 Å². The number of ketones is 1. The van der Waals surface area contributed by atoms with Gasteiger partial charge in [0.1, 0.15) is 0 Å². The van der Waals surface area contributed by atoms with Crippen LogP contribution in [0.1, 0.15) is 19.4 Å². The van der Waals surface area contributed by atoms with E-state index in [1.807, 2.05) is 50.1 Å². The summed E-state index contributed by atoms with van der Waals surface area (Å²) in [6.07, 6.45) is 4.84. The summed E-state index contributed by atoms with van der Waals surface area (Å²) in [5.41, 5.74) is 1.26. The minimum absolute atomic E-state index is 0.0939. The number of para-hydroxylation sites is 1. The van der Waals surface area contributed by atoms with Crippen molar-refractivity contribution in [2.75, 3.05) is 11.9 Å². The van der Waals surface area contributed by atoms with Gasteiger partial charge in [-0.2, -0.15) is 0 Å². The number of fused-ring (bicyclic) bond motifs is 1. The van der Waals surface area contributed by atoms with Crippen molar-refractivity contribution in [2.24, 2.45) is 0 Å². The molecule has 0 spiro atoms. The van der Waals surface area contributed by atoms with Crippen LogP contribution < -0.4 is 4.90 Å². The predicted octanol–water partition coefficient (Wildman–Crippen LogP) is 3.13. The van der Waals surface area contributed by atoms with Crippen molar-refractivity contribution < 1.29 is 14.6 Å². The van der Waals surface area contributed by atoms with Gasteiger partial charge in [-0.3, -0.25) is 25.0 Å². The number of hydrogen-bond acceptors (Lipinski definition) is 6. The monoisotopic (exact) mass is 367 g/mol. The summed E-state index contributed by atoms with van der Waals surface area (Å²) < 4.78 is 0. The molecule has 0 fully saturated rings. The second-order valence-corrected chi connectivity index (χ2v) is 6.82. The lowest BCUT2D eigenvalue weighted by Gasteiger charge is -2.23. The van der Waals surface area contributed by atoms with Crippen LogP contribution in [0.2, 0.25) is 0 Å². The van der Waals surface area contributed by atoms with E-state index < -0.39 is 27.0 Å². The van der Waals surface area contributed by atoms with E-state index in [9.17, 15) is 25.0 Å². The molecule has 1 aromatic rings. The molecule has 0 unspecified atom stereocenters. The zero-order valence-electron chi connectivity index (χ0n) is 15.0. The molecule has 8 heteroatoms. The fraction of sp³-hybridized carbons (Fsp3) is 0.211. The molecule has 138 valence electrons. The van der Waals surface area contributed by atoms with Gasteiger partial charge in [-0.05, 0) is 23.8 Å². The number of benzene rings is 1.